The van der Waals surface area contributed by atoms with E-state index in [1.54, 1.807) is 6.20 Å². The van der Waals surface area contributed by atoms with Crippen molar-refractivity contribution >= 4 is 5.96 Å². The number of hydrogen-bond donors (Lipinski definition) is 2. The Morgan fingerprint density at radius 2 is 2.45 bits per heavy atom. The van der Waals surface area contributed by atoms with Crippen molar-refractivity contribution in [1.29, 1.82) is 0 Å². The highest BCUT2D eigenvalue weighted by molar-refractivity contribution is 5.77. The second-order valence-corrected chi connectivity index (χ2v) is 5.33. The second kappa shape index (κ2) is 10.1. The number of hydrogen-bond acceptors (Lipinski definition) is 4. The van der Waals surface area contributed by atoms with Crippen LogP contribution in [0.25, 0.3) is 0 Å². The first-order chi connectivity index (χ1) is 10.8. The van der Waals surface area contributed by atoms with Gasteiger partial charge in [-0.1, -0.05) is 6.07 Å². The maximum absolute atomic E-state index is 5.81. The van der Waals surface area contributed by atoms with E-state index in [0.717, 1.165) is 44.5 Å². The normalized spacial score (nSPS) is 18.5. The van der Waals surface area contributed by atoms with E-state index in [-0.39, 0.29) is 0 Å². The molecule has 6 heteroatoms. The minimum absolute atomic E-state index is 0.293. The van der Waals surface area contributed by atoms with E-state index in [4.69, 9.17) is 15.2 Å². The fraction of sp³-hybridized carbons (Fsp3) is 0.625. The molecule has 0 amide bonds. The molecular weight excluding hydrogens is 280 g/mol. The molecular formula is C16H26N4O2. The molecule has 1 saturated heterocycles. The largest absolute Gasteiger partial charge is 0.379 e. The zero-order chi connectivity index (χ0) is 15.5. The number of nitrogens with two attached hydrogens (primary N) is 1. The van der Waals surface area contributed by atoms with Crippen LogP contribution in [0.2, 0.25) is 0 Å². The average molecular weight is 306 g/mol. The molecule has 122 valence electrons. The Kier molecular flexibility index (Phi) is 7.69. The highest BCUT2D eigenvalue weighted by Gasteiger charge is 2.14. The molecule has 0 spiro atoms. The quantitative estimate of drug-likeness (QED) is 0.406. The maximum atomic E-state index is 5.81. The van der Waals surface area contributed by atoms with Crippen LogP contribution in [0.1, 0.15) is 25.0 Å². The topological polar surface area (TPSA) is 81.8 Å². The molecule has 1 aliphatic heterocycles. The molecule has 3 N–H and O–H groups in total. The lowest BCUT2D eigenvalue weighted by atomic mass is 10.2. The van der Waals surface area contributed by atoms with Crippen molar-refractivity contribution < 1.29 is 9.47 Å². The van der Waals surface area contributed by atoms with Gasteiger partial charge in [0.2, 0.25) is 0 Å². The van der Waals surface area contributed by atoms with Crippen LogP contribution >= 0.6 is 0 Å². The zero-order valence-corrected chi connectivity index (χ0v) is 13.0. The molecule has 0 saturated carbocycles. The van der Waals surface area contributed by atoms with Crippen molar-refractivity contribution in [2.75, 3.05) is 32.9 Å². The first-order valence-corrected chi connectivity index (χ1v) is 7.97. The van der Waals surface area contributed by atoms with E-state index in [1.165, 1.54) is 0 Å². The summed E-state index contributed by atoms with van der Waals surface area (Å²) in [6, 6.07) is 5.89. The lowest BCUT2D eigenvalue weighted by Gasteiger charge is -2.09. The highest BCUT2D eigenvalue weighted by atomic mass is 16.5. The lowest BCUT2D eigenvalue weighted by molar-refractivity contribution is 0.0171. The summed E-state index contributed by atoms with van der Waals surface area (Å²) in [5.74, 6) is 0.482. The molecule has 2 rings (SSSR count). The Labute approximate surface area is 132 Å². The Hall–Kier alpha value is -1.66. The van der Waals surface area contributed by atoms with Crippen LogP contribution in [-0.4, -0.2) is 50.0 Å². The molecule has 0 aliphatic carbocycles. The molecule has 22 heavy (non-hydrogen) atoms. The Morgan fingerprint density at radius 1 is 1.50 bits per heavy atom. The third-order valence-electron chi connectivity index (χ3n) is 3.47. The van der Waals surface area contributed by atoms with Crippen LogP contribution in [0.5, 0.6) is 0 Å². The third-order valence-corrected chi connectivity index (χ3v) is 3.47. The smallest absolute Gasteiger partial charge is 0.188 e. The molecule has 0 aromatic carbocycles. The van der Waals surface area contributed by atoms with E-state index in [2.05, 4.69) is 15.3 Å². The van der Waals surface area contributed by atoms with Crippen LogP contribution in [0.4, 0.5) is 0 Å². The fourth-order valence-electron chi connectivity index (χ4n) is 2.28. The van der Waals surface area contributed by atoms with Crippen LogP contribution in [0, 0.1) is 0 Å². The predicted molar refractivity (Wildman–Crippen MR) is 86.8 cm³/mol. The van der Waals surface area contributed by atoms with E-state index < -0.39 is 0 Å². The fourth-order valence-corrected chi connectivity index (χ4v) is 2.28. The molecule has 1 aromatic heterocycles. The van der Waals surface area contributed by atoms with Crippen molar-refractivity contribution in [3.63, 3.8) is 0 Å². The lowest BCUT2D eigenvalue weighted by Crippen LogP contribution is -2.33. The van der Waals surface area contributed by atoms with Gasteiger partial charge >= 0.3 is 0 Å². The molecule has 6 nitrogen and oxygen atoms in total. The molecule has 1 aliphatic rings. The molecule has 1 fully saturated rings. The molecule has 1 aromatic rings. The number of aliphatic imine (C=N–C) groups is 1. The Balaban J connectivity index is 1.46. The van der Waals surface area contributed by atoms with Crippen molar-refractivity contribution in [2.24, 2.45) is 10.7 Å². The van der Waals surface area contributed by atoms with Gasteiger partial charge in [-0.15, -0.1) is 0 Å². The van der Waals surface area contributed by atoms with Gasteiger partial charge in [0.1, 0.15) is 0 Å². The first-order valence-electron chi connectivity index (χ1n) is 7.97. The second-order valence-electron chi connectivity index (χ2n) is 5.33. The van der Waals surface area contributed by atoms with E-state index >= 15 is 0 Å². The predicted octanol–water partition coefficient (Wildman–Crippen LogP) is 1.11. The first kappa shape index (κ1) is 16.7. The van der Waals surface area contributed by atoms with Crippen molar-refractivity contribution in [3.8, 4) is 0 Å². The average Bonchev–Trinajstić information content (AvgIpc) is 3.05. The van der Waals surface area contributed by atoms with E-state index in [9.17, 15) is 0 Å². The SMILES string of the molecule is NC(=NCCCOCC1CCCO1)NCCc1ccccn1. The van der Waals surface area contributed by atoms with Gasteiger partial charge in [0, 0.05) is 44.6 Å². The molecule has 1 atom stereocenters. The van der Waals surface area contributed by atoms with Crippen LogP contribution in [-0.2, 0) is 15.9 Å². The maximum Gasteiger partial charge on any atom is 0.188 e. The molecule has 0 radical (unpaired) electrons. The van der Waals surface area contributed by atoms with Gasteiger partial charge in [-0.2, -0.15) is 0 Å². The number of rotatable bonds is 9. The van der Waals surface area contributed by atoms with Crippen molar-refractivity contribution in [3.05, 3.63) is 30.1 Å². The number of pyridine rings is 1. The minimum Gasteiger partial charge on any atom is -0.379 e. The number of nitrogens with one attached hydrogen (secondary N) is 1. The number of ether oxygens (including phenoxy) is 2. The van der Waals surface area contributed by atoms with E-state index in [1.807, 2.05) is 18.2 Å². The van der Waals surface area contributed by atoms with Gasteiger partial charge in [-0.3, -0.25) is 9.98 Å². The Bertz CT molecular complexity index is 433. The van der Waals surface area contributed by atoms with Gasteiger partial charge in [0.25, 0.3) is 0 Å². The van der Waals surface area contributed by atoms with Crippen LogP contribution < -0.4 is 11.1 Å². The summed E-state index contributed by atoms with van der Waals surface area (Å²) < 4.78 is 11.1. The number of guanidine groups is 1. The van der Waals surface area contributed by atoms with Crippen molar-refractivity contribution in [1.82, 2.24) is 10.3 Å². The van der Waals surface area contributed by atoms with Crippen LogP contribution in [0.15, 0.2) is 29.4 Å². The van der Waals surface area contributed by atoms with Gasteiger partial charge in [0.15, 0.2) is 5.96 Å². The highest BCUT2D eigenvalue weighted by Crippen LogP contribution is 2.11. The van der Waals surface area contributed by atoms with Gasteiger partial charge in [-0.25, -0.2) is 0 Å². The molecule has 2 heterocycles. The minimum atomic E-state index is 0.293. The van der Waals surface area contributed by atoms with Gasteiger partial charge in [0.05, 0.1) is 12.7 Å². The van der Waals surface area contributed by atoms with Crippen molar-refractivity contribution in [2.45, 2.75) is 31.8 Å². The summed E-state index contributed by atoms with van der Waals surface area (Å²) >= 11 is 0. The molecule has 0 bridgehead atoms. The summed E-state index contributed by atoms with van der Waals surface area (Å²) in [7, 11) is 0. The van der Waals surface area contributed by atoms with Gasteiger partial charge < -0.3 is 20.5 Å². The summed E-state index contributed by atoms with van der Waals surface area (Å²) in [6.07, 6.45) is 6.06. The Morgan fingerprint density at radius 3 is 3.23 bits per heavy atom. The zero-order valence-electron chi connectivity index (χ0n) is 13.0. The summed E-state index contributed by atoms with van der Waals surface area (Å²) in [6.45, 7) is 3.68. The monoisotopic (exact) mass is 306 g/mol. The standard InChI is InChI=1S/C16H26N4O2/c17-16(20-10-7-14-5-1-2-8-18-14)19-9-4-11-21-13-15-6-3-12-22-15/h1-2,5,8,15H,3-4,6-7,9-13H2,(H3,17,19,20). The third kappa shape index (κ3) is 6.87. The summed E-state index contributed by atoms with van der Waals surface area (Å²) in [5.41, 5.74) is 6.86. The van der Waals surface area contributed by atoms with Gasteiger partial charge in [-0.05, 0) is 31.4 Å². The number of aromatic nitrogens is 1. The van der Waals surface area contributed by atoms with Crippen LogP contribution in [0.3, 0.4) is 0 Å². The summed E-state index contributed by atoms with van der Waals surface area (Å²) in [4.78, 5) is 8.53. The van der Waals surface area contributed by atoms with E-state index in [0.29, 0.717) is 31.8 Å². The molecule has 1 unspecified atom stereocenters. The number of nitrogens with zero attached hydrogens (tertiary/aromatic N) is 2. The summed E-state index contributed by atoms with van der Waals surface area (Å²) in [5, 5.41) is 3.09.